The van der Waals surface area contributed by atoms with Crippen molar-refractivity contribution < 1.29 is 19.0 Å². The van der Waals surface area contributed by atoms with Crippen molar-refractivity contribution in [2.45, 2.75) is 37.9 Å². The number of methoxy groups -OCH3 is 3. The summed E-state index contributed by atoms with van der Waals surface area (Å²) in [7, 11) is 4.76. The van der Waals surface area contributed by atoms with Gasteiger partial charge in [-0.15, -0.1) is 5.10 Å². The van der Waals surface area contributed by atoms with Gasteiger partial charge in [-0.3, -0.25) is 4.79 Å². The average molecular weight is 431 g/mol. The molecule has 4 rings (SSSR count). The predicted octanol–water partition coefficient (Wildman–Crippen LogP) is 3.68. The van der Waals surface area contributed by atoms with Crippen LogP contribution in [0.5, 0.6) is 17.2 Å². The molecule has 0 bridgehead atoms. The fraction of sp³-hybridized carbons (Fsp3) is 0.476. The maximum absolute atomic E-state index is 13.3. The molecule has 0 amide bonds. The highest BCUT2D eigenvalue weighted by atomic mass is 32.2. The molecule has 1 aliphatic heterocycles. The molecule has 2 aromatic rings. The molecule has 160 valence electrons. The summed E-state index contributed by atoms with van der Waals surface area (Å²) in [5.74, 6) is 2.43. The molecule has 0 spiro atoms. The number of anilines is 1. The first kappa shape index (κ1) is 20.6. The van der Waals surface area contributed by atoms with Crippen molar-refractivity contribution in [3.63, 3.8) is 0 Å². The molecule has 30 heavy (non-hydrogen) atoms. The number of ketones is 1. The van der Waals surface area contributed by atoms with Crippen LogP contribution >= 0.6 is 11.8 Å². The summed E-state index contributed by atoms with van der Waals surface area (Å²) in [6.45, 7) is 4.21. The number of Topliss-reactive ketones (excluding diaryl/α,β-unsaturated/α-hetero) is 1. The molecule has 0 radical (unpaired) electrons. The van der Waals surface area contributed by atoms with Crippen LogP contribution < -0.4 is 19.5 Å². The van der Waals surface area contributed by atoms with Crippen LogP contribution in [-0.4, -0.2) is 48.1 Å². The monoisotopic (exact) mass is 430 g/mol. The Bertz CT molecular complexity index is 1040. The van der Waals surface area contributed by atoms with Gasteiger partial charge >= 0.3 is 0 Å². The van der Waals surface area contributed by atoms with Gasteiger partial charge in [-0.25, -0.2) is 4.68 Å². The highest BCUT2D eigenvalue weighted by molar-refractivity contribution is 7.98. The molecule has 0 saturated carbocycles. The van der Waals surface area contributed by atoms with Gasteiger partial charge in [-0.05, 0) is 24.2 Å². The zero-order chi connectivity index (χ0) is 21.6. The number of carbonyl (C=O) groups is 1. The number of allylic oxidation sites excluding steroid dienone is 2. The van der Waals surface area contributed by atoms with Crippen molar-refractivity contribution in [3.8, 4) is 17.2 Å². The predicted molar refractivity (Wildman–Crippen MR) is 115 cm³/mol. The number of nitrogens with one attached hydrogen (secondary N) is 1. The van der Waals surface area contributed by atoms with Gasteiger partial charge in [0.1, 0.15) is 11.8 Å². The van der Waals surface area contributed by atoms with E-state index in [1.165, 1.54) is 11.8 Å². The fourth-order valence-corrected chi connectivity index (χ4v) is 4.58. The van der Waals surface area contributed by atoms with E-state index in [0.29, 0.717) is 40.3 Å². The second-order valence-electron chi connectivity index (χ2n) is 8.18. The molecule has 0 fully saturated rings. The molecule has 2 aliphatic rings. The number of hydrogen-bond acceptors (Lipinski definition) is 8. The maximum Gasteiger partial charge on any atom is 0.227 e. The summed E-state index contributed by atoms with van der Waals surface area (Å²) in [6, 6.07) is 3.16. The Kier molecular flexibility index (Phi) is 5.17. The lowest BCUT2D eigenvalue weighted by Gasteiger charge is -2.38. The van der Waals surface area contributed by atoms with E-state index in [0.717, 1.165) is 17.7 Å². The van der Waals surface area contributed by atoms with Crippen LogP contribution in [0, 0.1) is 5.41 Å². The van der Waals surface area contributed by atoms with Gasteiger partial charge in [-0.2, -0.15) is 4.98 Å². The van der Waals surface area contributed by atoms with Crippen LogP contribution in [0.25, 0.3) is 0 Å². The van der Waals surface area contributed by atoms with E-state index in [2.05, 4.69) is 29.2 Å². The number of rotatable bonds is 5. The molecule has 1 atom stereocenters. The minimum absolute atomic E-state index is 0.0995. The number of ether oxygens (including phenoxy) is 3. The van der Waals surface area contributed by atoms with Gasteiger partial charge in [0.15, 0.2) is 17.3 Å². The van der Waals surface area contributed by atoms with Crippen molar-refractivity contribution in [3.05, 3.63) is 29.0 Å². The van der Waals surface area contributed by atoms with Crippen molar-refractivity contribution in [1.82, 2.24) is 14.8 Å². The molecule has 1 N–H and O–H groups in total. The van der Waals surface area contributed by atoms with E-state index in [1.807, 2.05) is 12.3 Å². The topological polar surface area (TPSA) is 87.5 Å². The molecule has 8 nitrogen and oxygen atoms in total. The van der Waals surface area contributed by atoms with Crippen LogP contribution in [0.1, 0.15) is 38.3 Å². The van der Waals surface area contributed by atoms with Crippen LogP contribution in [0.3, 0.4) is 0 Å². The zero-order valence-corrected chi connectivity index (χ0v) is 18.8. The lowest BCUT2D eigenvalue weighted by atomic mass is 9.73. The van der Waals surface area contributed by atoms with Gasteiger partial charge in [0, 0.05) is 29.3 Å². The standard InChI is InChI=1S/C21H26N4O4S/c1-21(2)9-12-17(13(26)10-21)18(25-19(22-12)23-20(24-25)30-6)11-7-15(28-4)16(29-5)8-14(11)27-3/h7-8,18H,9-10H2,1-6H3,(H,22,23,24). The molecule has 1 aromatic heterocycles. The molecule has 1 aliphatic carbocycles. The smallest absolute Gasteiger partial charge is 0.227 e. The molecule has 0 saturated heterocycles. The second-order valence-corrected chi connectivity index (χ2v) is 8.95. The first-order valence-corrected chi connectivity index (χ1v) is 10.9. The van der Waals surface area contributed by atoms with Crippen molar-refractivity contribution in [2.75, 3.05) is 32.9 Å². The molecule has 1 aromatic carbocycles. The first-order chi connectivity index (χ1) is 14.3. The first-order valence-electron chi connectivity index (χ1n) is 9.65. The Hall–Kier alpha value is -2.68. The Morgan fingerprint density at radius 1 is 1.10 bits per heavy atom. The number of thioether (sulfide) groups is 1. The Morgan fingerprint density at radius 3 is 2.40 bits per heavy atom. The van der Waals surface area contributed by atoms with E-state index in [9.17, 15) is 4.79 Å². The zero-order valence-electron chi connectivity index (χ0n) is 18.0. The molecule has 2 heterocycles. The summed E-state index contributed by atoms with van der Waals surface area (Å²) in [6.07, 6.45) is 3.15. The average Bonchev–Trinajstić information content (AvgIpc) is 3.13. The highest BCUT2D eigenvalue weighted by Crippen LogP contribution is 2.49. The minimum Gasteiger partial charge on any atom is -0.496 e. The largest absolute Gasteiger partial charge is 0.496 e. The van der Waals surface area contributed by atoms with E-state index in [4.69, 9.17) is 14.2 Å². The Balaban J connectivity index is 1.98. The van der Waals surface area contributed by atoms with Crippen LogP contribution in [0.4, 0.5) is 5.95 Å². The SMILES string of the molecule is COc1cc(OC)c(C2C3=C(CC(C)(C)CC3=O)Nc3nc(SC)nn32)cc1OC. The number of benzene rings is 1. The van der Waals surface area contributed by atoms with Crippen LogP contribution in [-0.2, 0) is 4.79 Å². The third-order valence-electron chi connectivity index (χ3n) is 5.53. The summed E-state index contributed by atoms with van der Waals surface area (Å²) < 4.78 is 18.4. The van der Waals surface area contributed by atoms with E-state index < -0.39 is 6.04 Å². The lowest BCUT2D eigenvalue weighted by molar-refractivity contribution is -0.118. The number of nitrogens with zero attached hydrogens (tertiary/aromatic N) is 3. The molecule has 9 heteroatoms. The normalized spacial score (nSPS) is 19.7. The van der Waals surface area contributed by atoms with E-state index in [-0.39, 0.29) is 11.2 Å². The Labute approximate surface area is 180 Å². The third kappa shape index (κ3) is 3.30. The molecular formula is C21H26N4O4S. The van der Waals surface area contributed by atoms with Gasteiger partial charge in [0.2, 0.25) is 11.1 Å². The molecule has 1 unspecified atom stereocenters. The molecular weight excluding hydrogens is 404 g/mol. The highest BCUT2D eigenvalue weighted by Gasteiger charge is 2.43. The van der Waals surface area contributed by atoms with Gasteiger partial charge < -0.3 is 19.5 Å². The second kappa shape index (κ2) is 7.54. The fourth-order valence-electron chi connectivity index (χ4n) is 4.23. The van der Waals surface area contributed by atoms with Crippen molar-refractivity contribution >= 4 is 23.5 Å². The summed E-state index contributed by atoms with van der Waals surface area (Å²) in [4.78, 5) is 17.9. The lowest BCUT2D eigenvalue weighted by Crippen LogP contribution is -2.36. The third-order valence-corrected chi connectivity index (χ3v) is 6.06. The summed E-state index contributed by atoms with van der Waals surface area (Å²) in [5, 5.41) is 8.65. The van der Waals surface area contributed by atoms with Crippen LogP contribution in [0.15, 0.2) is 28.6 Å². The Morgan fingerprint density at radius 2 is 1.77 bits per heavy atom. The minimum atomic E-state index is -0.469. The van der Waals surface area contributed by atoms with E-state index >= 15 is 0 Å². The summed E-state index contributed by atoms with van der Waals surface area (Å²) >= 11 is 1.45. The van der Waals surface area contributed by atoms with Gasteiger partial charge in [0.05, 0.1) is 21.3 Å². The van der Waals surface area contributed by atoms with Gasteiger partial charge in [0.25, 0.3) is 0 Å². The number of hydrogen-bond donors (Lipinski definition) is 1. The number of fused-ring (bicyclic) bond motifs is 1. The van der Waals surface area contributed by atoms with Crippen molar-refractivity contribution in [2.24, 2.45) is 5.41 Å². The number of carbonyl (C=O) groups excluding carboxylic acids is 1. The van der Waals surface area contributed by atoms with E-state index in [1.54, 1.807) is 32.1 Å². The van der Waals surface area contributed by atoms with Crippen LogP contribution in [0.2, 0.25) is 0 Å². The quantitative estimate of drug-likeness (QED) is 0.719. The van der Waals surface area contributed by atoms with Gasteiger partial charge in [-0.1, -0.05) is 25.6 Å². The van der Waals surface area contributed by atoms with Crippen molar-refractivity contribution in [1.29, 1.82) is 0 Å². The summed E-state index contributed by atoms with van der Waals surface area (Å²) in [5.41, 5.74) is 2.24. The number of aromatic nitrogens is 3. The maximum atomic E-state index is 13.3.